The van der Waals surface area contributed by atoms with Gasteiger partial charge in [0.2, 0.25) is 0 Å². The number of nitrogens with zero attached hydrogens (tertiary/aromatic N) is 5. The van der Waals surface area contributed by atoms with Crippen LogP contribution in [0.1, 0.15) is 30.9 Å². The van der Waals surface area contributed by atoms with Crippen molar-refractivity contribution >= 4 is 17.4 Å². The zero-order valence-corrected chi connectivity index (χ0v) is 10.8. The van der Waals surface area contributed by atoms with Crippen molar-refractivity contribution in [3.05, 3.63) is 35.9 Å². The molecule has 1 aliphatic heterocycles. The van der Waals surface area contributed by atoms with Gasteiger partial charge in [0.15, 0.2) is 0 Å². The van der Waals surface area contributed by atoms with Gasteiger partial charge in [0, 0.05) is 12.1 Å². The van der Waals surface area contributed by atoms with Crippen LogP contribution in [0.25, 0.3) is 0 Å². The maximum atomic E-state index is 12.4. The molecule has 1 aromatic carbocycles. The van der Waals surface area contributed by atoms with Crippen molar-refractivity contribution in [3.8, 4) is 0 Å². The third-order valence-corrected chi connectivity index (χ3v) is 4.00. The second-order valence-corrected chi connectivity index (χ2v) is 5.18. The van der Waals surface area contributed by atoms with Gasteiger partial charge in [-0.05, 0) is 28.8 Å². The first-order valence-corrected chi connectivity index (χ1v) is 6.77. The van der Waals surface area contributed by atoms with E-state index in [1.807, 2.05) is 30.3 Å². The Morgan fingerprint density at radius 1 is 1.15 bits per heavy atom. The highest BCUT2D eigenvalue weighted by Gasteiger charge is 2.41. The van der Waals surface area contributed by atoms with Crippen molar-refractivity contribution in [3.63, 3.8) is 0 Å². The standard InChI is InChI=1S/C14H13N5O/c20-11-8-4-7-10-12(11)13(9-5-2-1-3-6-9)19-14(15-10)16-17-18-19/h1-3,5-6,12-13H,4,7-8H2. The molecule has 2 atom stereocenters. The molecule has 0 amide bonds. The van der Waals surface area contributed by atoms with E-state index in [2.05, 4.69) is 20.5 Å². The summed E-state index contributed by atoms with van der Waals surface area (Å²) in [6, 6.07) is 9.77. The molecule has 20 heavy (non-hydrogen) atoms. The molecule has 1 saturated carbocycles. The summed E-state index contributed by atoms with van der Waals surface area (Å²) in [5, 5.41) is 11.7. The molecule has 4 rings (SSSR count). The Bertz CT molecular complexity index is 691. The summed E-state index contributed by atoms with van der Waals surface area (Å²) in [5.41, 5.74) is 1.98. The Hall–Kier alpha value is -2.37. The molecule has 0 spiro atoms. The minimum Gasteiger partial charge on any atom is -0.299 e. The van der Waals surface area contributed by atoms with E-state index >= 15 is 0 Å². The lowest BCUT2D eigenvalue weighted by Crippen LogP contribution is -2.39. The molecule has 6 nitrogen and oxygen atoms in total. The maximum absolute atomic E-state index is 12.4. The summed E-state index contributed by atoms with van der Waals surface area (Å²) in [4.78, 5) is 16.9. The fraction of sp³-hybridized carbons (Fsp3) is 0.357. The molecule has 0 saturated heterocycles. The summed E-state index contributed by atoms with van der Waals surface area (Å²) >= 11 is 0. The number of benzene rings is 1. The molecule has 2 aromatic rings. The largest absolute Gasteiger partial charge is 0.299 e. The Morgan fingerprint density at radius 3 is 2.85 bits per heavy atom. The number of carbonyl (C=O) groups excluding carboxylic acids is 1. The molecule has 2 aliphatic rings. The quantitative estimate of drug-likeness (QED) is 0.788. The lowest BCUT2D eigenvalue weighted by atomic mass is 9.78. The number of fused-ring (bicyclic) bond motifs is 2. The minimum atomic E-state index is -0.220. The molecule has 0 N–H and O–H groups in total. The number of aromatic nitrogens is 4. The zero-order chi connectivity index (χ0) is 13.5. The van der Waals surface area contributed by atoms with E-state index in [0.29, 0.717) is 12.4 Å². The van der Waals surface area contributed by atoms with Crippen molar-refractivity contribution in [1.82, 2.24) is 20.2 Å². The summed E-state index contributed by atoms with van der Waals surface area (Å²) in [7, 11) is 0. The average Bonchev–Trinajstić information content (AvgIpc) is 2.94. The minimum absolute atomic E-state index is 0.165. The molecule has 1 aromatic heterocycles. The van der Waals surface area contributed by atoms with Crippen molar-refractivity contribution in [2.45, 2.75) is 25.3 Å². The van der Waals surface area contributed by atoms with Gasteiger partial charge in [-0.15, -0.1) is 0 Å². The van der Waals surface area contributed by atoms with E-state index in [9.17, 15) is 4.79 Å². The Morgan fingerprint density at radius 2 is 2.00 bits per heavy atom. The Labute approximate surface area is 115 Å². The summed E-state index contributed by atoms with van der Waals surface area (Å²) < 4.78 is 1.67. The number of tetrazole rings is 1. The van der Waals surface area contributed by atoms with Crippen LogP contribution in [0.3, 0.4) is 0 Å². The van der Waals surface area contributed by atoms with Gasteiger partial charge in [-0.1, -0.05) is 35.4 Å². The van der Waals surface area contributed by atoms with Gasteiger partial charge in [-0.25, -0.2) is 9.67 Å². The SMILES string of the molecule is O=C1CCCC2=Nc3nnnn3C(c3ccccc3)C12. The highest BCUT2D eigenvalue weighted by molar-refractivity contribution is 6.09. The van der Waals surface area contributed by atoms with Gasteiger partial charge in [0.05, 0.1) is 12.0 Å². The van der Waals surface area contributed by atoms with Crippen LogP contribution in [0.15, 0.2) is 35.3 Å². The summed E-state index contributed by atoms with van der Waals surface area (Å²) in [6.45, 7) is 0. The number of Topliss-reactive ketones (excluding diaryl/α,β-unsaturated/α-hetero) is 1. The van der Waals surface area contributed by atoms with Crippen LogP contribution in [0, 0.1) is 5.92 Å². The molecule has 2 unspecified atom stereocenters. The van der Waals surface area contributed by atoms with Gasteiger partial charge in [0.25, 0.3) is 5.95 Å². The van der Waals surface area contributed by atoms with Gasteiger partial charge in [-0.2, -0.15) is 0 Å². The third kappa shape index (κ3) is 1.61. The predicted octanol–water partition coefficient (Wildman–Crippen LogP) is 1.72. The van der Waals surface area contributed by atoms with Crippen LogP contribution in [-0.4, -0.2) is 31.7 Å². The molecule has 0 radical (unpaired) electrons. The van der Waals surface area contributed by atoms with Gasteiger partial charge >= 0.3 is 0 Å². The van der Waals surface area contributed by atoms with Crippen LogP contribution in [0.5, 0.6) is 0 Å². The monoisotopic (exact) mass is 267 g/mol. The first kappa shape index (κ1) is 11.5. The van der Waals surface area contributed by atoms with Crippen molar-refractivity contribution in [1.29, 1.82) is 0 Å². The molecular weight excluding hydrogens is 254 g/mol. The second-order valence-electron chi connectivity index (χ2n) is 5.18. The topological polar surface area (TPSA) is 73.0 Å². The highest BCUT2D eigenvalue weighted by Crippen LogP contribution is 2.38. The lowest BCUT2D eigenvalue weighted by molar-refractivity contribution is -0.122. The highest BCUT2D eigenvalue weighted by atomic mass is 16.1. The molecule has 0 bridgehead atoms. The zero-order valence-electron chi connectivity index (χ0n) is 10.8. The van der Waals surface area contributed by atoms with Crippen LogP contribution in [-0.2, 0) is 4.79 Å². The lowest BCUT2D eigenvalue weighted by Gasteiger charge is -2.33. The van der Waals surface area contributed by atoms with Crippen molar-refractivity contribution in [2.24, 2.45) is 10.9 Å². The number of hydrogen-bond acceptors (Lipinski definition) is 5. The molecule has 100 valence electrons. The Balaban J connectivity index is 1.91. The van der Waals surface area contributed by atoms with E-state index in [0.717, 1.165) is 24.1 Å². The average molecular weight is 267 g/mol. The van der Waals surface area contributed by atoms with E-state index in [-0.39, 0.29) is 17.7 Å². The number of hydrogen-bond donors (Lipinski definition) is 0. The number of rotatable bonds is 1. The number of ketones is 1. The van der Waals surface area contributed by atoms with Crippen molar-refractivity contribution in [2.75, 3.05) is 0 Å². The fourth-order valence-corrected chi connectivity index (χ4v) is 3.12. The molecular formula is C14H13N5O. The second kappa shape index (κ2) is 4.33. The van der Waals surface area contributed by atoms with E-state index < -0.39 is 0 Å². The van der Waals surface area contributed by atoms with Crippen LogP contribution in [0.2, 0.25) is 0 Å². The van der Waals surface area contributed by atoms with Gasteiger partial charge < -0.3 is 0 Å². The van der Waals surface area contributed by atoms with Crippen LogP contribution >= 0.6 is 0 Å². The fourth-order valence-electron chi connectivity index (χ4n) is 3.12. The molecule has 6 heteroatoms. The predicted molar refractivity (Wildman–Crippen MR) is 71.8 cm³/mol. The number of carbonyl (C=O) groups is 1. The van der Waals surface area contributed by atoms with Crippen LogP contribution < -0.4 is 0 Å². The maximum Gasteiger partial charge on any atom is 0.269 e. The first-order valence-electron chi connectivity index (χ1n) is 6.77. The normalized spacial score (nSPS) is 24.8. The molecule has 1 fully saturated rings. The first-order chi connectivity index (χ1) is 9.84. The van der Waals surface area contributed by atoms with E-state index in [1.54, 1.807) is 4.68 Å². The van der Waals surface area contributed by atoms with Gasteiger partial charge in [-0.3, -0.25) is 4.79 Å². The third-order valence-electron chi connectivity index (χ3n) is 4.00. The Kier molecular flexibility index (Phi) is 2.48. The van der Waals surface area contributed by atoms with Crippen LogP contribution in [0.4, 0.5) is 5.95 Å². The van der Waals surface area contributed by atoms with E-state index in [4.69, 9.17) is 0 Å². The van der Waals surface area contributed by atoms with E-state index in [1.165, 1.54) is 0 Å². The smallest absolute Gasteiger partial charge is 0.269 e. The molecule has 2 heterocycles. The summed E-state index contributed by atoms with van der Waals surface area (Å²) in [6.07, 6.45) is 2.34. The van der Waals surface area contributed by atoms with Gasteiger partial charge in [0.1, 0.15) is 5.78 Å². The number of aliphatic imine (C=N–C) groups is 1. The van der Waals surface area contributed by atoms with Crippen molar-refractivity contribution < 1.29 is 4.79 Å². The summed E-state index contributed by atoms with van der Waals surface area (Å²) in [5.74, 6) is 0.520. The molecule has 1 aliphatic carbocycles.